The van der Waals surface area contributed by atoms with E-state index in [4.69, 9.17) is 4.74 Å². The van der Waals surface area contributed by atoms with Crippen molar-refractivity contribution in [3.05, 3.63) is 52.1 Å². The molecule has 0 saturated heterocycles. The minimum absolute atomic E-state index is 0.116. The van der Waals surface area contributed by atoms with Gasteiger partial charge in [0.25, 0.3) is 15.9 Å². The quantitative estimate of drug-likeness (QED) is 0.541. The van der Waals surface area contributed by atoms with Crippen molar-refractivity contribution in [1.82, 2.24) is 5.32 Å². The van der Waals surface area contributed by atoms with Crippen molar-refractivity contribution in [1.29, 1.82) is 0 Å². The molecule has 0 saturated carbocycles. The Morgan fingerprint density at radius 1 is 1.04 bits per heavy atom. The van der Waals surface area contributed by atoms with Gasteiger partial charge in [-0.25, -0.2) is 8.42 Å². The van der Waals surface area contributed by atoms with Crippen molar-refractivity contribution >= 4 is 44.2 Å². The lowest BCUT2D eigenvalue weighted by atomic mass is 10.2. The van der Waals surface area contributed by atoms with Gasteiger partial charge in [-0.3, -0.25) is 9.52 Å². The van der Waals surface area contributed by atoms with Crippen LogP contribution in [0, 0.1) is 9.49 Å². The first kappa shape index (κ1) is 21.5. The van der Waals surface area contributed by atoms with E-state index in [0.717, 1.165) is 3.57 Å². The van der Waals surface area contributed by atoms with Gasteiger partial charge in [0, 0.05) is 15.8 Å². The molecule has 0 unspecified atom stereocenters. The maximum absolute atomic E-state index is 12.5. The Hall–Kier alpha value is -1.81. The Labute approximate surface area is 173 Å². The number of amides is 1. The summed E-state index contributed by atoms with van der Waals surface area (Å²) in [4.78, 5) is 12.1. The minimum atomic E-state index is -3.69. The molecule has 1 amide bonds. The van der Waals surface area contributed by atoms with E-state index in [9.17, 15) is 13.2 Å². The predicted octanol–water partition coefficient (Wildman–Crippen LogP) is 3.63. The monoisotopic (exact) mass is 502 g/mol. The van der Waals surface area contributed by atoms with Gasteiger partial charge in [0.05, 0.1) is 4.90 Å². The highest BCUT2D eigenvalue weighted by Gasteiger charge is 2.17. The molecule has 8 heteroatoms. The molecule has 0 radical (unpaired) electrons. The Kier molecular flexibility index (Phi) is 7.49. The number of hydrogen-bond acceptors (Lipinski definition) is 4. The van der Waals surface area contributed by atoms with E-state index in [0.29, 0.717) is 23.9 Å². The Morgan fingerprint density at radius 2 is 1.63 bits per heavy atom. The predicted molar refractivity (Wildman–Crippen MR) is 114 cm³/mol. The van der Waals surface area contributed by atoms with Crippen LogP contribution in [-0.2, 0) is 14.8 Å². The fraction of sp³-hybridized carbons (Fsp3) is 0.316. The minimum Gasteiger partial charge on any atom is -0.481 e. The zero-order valence-electron chi connectivity index (χ0n) is 15.4. The third-order valence-corrected chi connectivity index (χ3v) is 5.71. The largest absolute Gasteiger partial charge is 0.481 e. The maximum atomic E-state index is 12.5. The molecule has 0 aliphatic heterocycles. The average molecular weight is 502 g/mol. The van der Waals surface area contributed by atoms with Crippen molar-refractivity contribution < 1.29 is 17.9 Å². The molecule has 2 rings (SSSR count). The second-order valence-corrected chi connectivity index (χ2v) is 9.41. The van der Waals surface area contributed by atoms with Crippen LogP contribution in [0.5, 0.6) is 5.75 Å². The van der Waals surface area contributed by atoms with Crippen LogP contribution in [-0.4, -0.2) is 27.0 Å². The highest BCUT2D eigenvalue weighted by molar-refractivity contribution is 14.1. The summed E-state index contributed by atoms with van der Waals surface area (Å²) in [6.45, 7) is 6.25. The zero-order valence-corrected chi connectivity index (χ0v) is 18.4. The van der Waals surface area contributed by atoms with Crippen LogP contribution in [0.3, 0.4) is 0 Å². The lowest BCUT2D eigenvalue weighted by molar-refractivity contribution is -0.127. The second-order valence-electron chi connectivity index (χ2n) is 6.48. The summed E-state index contributed by atoms with van der Waals surface area (Å²) in [5.41, 5.74) is 0.492. The Balaban J connectivity index is 2.01. The highest BCUT2D eigenvalue weighted by atomic mass is 127. The molecule has 27 heavy (non-hydrogen) atoms. The van der Waals surface area contributed by atoms with Gasteiger partial charge in [0.15, 0.2) is 6.10 Å². The van der Waals surface area contributed by atoms with Gasteiger partial charge >= 0.3 is 0 Å². The van der Waals surface area contributed by atoms with E-state index >= 15 is 0 Å². The number of halogens is 1. The first-order valence-corrected chi connectivity index (χ1v) is 11.1. The van der Waals surface area contributed by atoms with Crippen molar-refractivity contribution in [2.45, 2.75) is 31.8 Å². The summed E-state index contributed by atoms with van der Waals surface area (Å²) in [5.74, 6) is 0.572. The first-order valence-electron chi connectivity index (χ1n) is 8.50. The summed E-state index contributed by atoms with van der Waals surface area (Å²) in [7, 11) is -3.69. The van der Waals surface area contributed by atoms with Gasteiger partial charge in [0.1, 0.15) is 5.75 Å². The van der Waals surface area contributed by atoms with Gasteiger partial charge in [-0.05, 0) is 84.0 Å². The smallest absolute Gasteiger partial charge is 0.261 e. The van der Waals surface area contributed by atoms with E-state index in [1.807, 2.05) is 26.0 Å². The van der Waals surface area contributed by atoms with Gasteiger partial charge in [0.2, 0.25) is 0 Å². The van der Waals surface area contributed by atoms with Crippen LogP contribution in [0.15, 0.2) is 53.4 Å². The van der Waals surface area contributed by atoms with Crippen LogP contribution in [0.4, 0.5) is 5.69 Å². The van der Waals surface area contributed by atoms with E-state index < -0.39 is 16.1 Å². The molecule has 1 atom stereocenters. The van der Waals surface area contributed by atoms with Crippen molar-refractivity contribution in [3.63, 3.8) is 0 Å². The SMILES string of the molecule is CC(C)CNC(=O)[C@H](C)Oc1ccc(S(=O)(=O)Nc2ccc(I)cc2)cc1. The lowest BCUT2D eigenvalue weighted by Gasteiger charge is -2.16. The van der Waals surface area contributed by atoms with E-state index in [1.54, 1.807) is 19.1 Å². The van der Waals surface area contributed by atoms with Crippen LogP contribution < -0.4 is 14.8 Å². The van der Waals surface area contributed by atoms with Crippen LogP contribution in [0.2, 0.25) is 0 Å². The van der Waals surface area contributed by atoms with Crippen molar-refractivity contribution in [2.24, 2.45) is 5.92 Å². The first-order chi connectivity index (χ1) is 12.7. The molecule has 6 nitrogen and oxygen atoms in total. The van der Waals surface area contributed by atoms with E-state index in [1.165, 1.54) is 24.3 Å². The number of ether oxygens (including phenoxy) is 1. The summed E-state index contributed by atoms with van der Waals surface area (Å²) < 4.78 is 34.0. The number of carbonyl (C=O) groups excluding carboxylic acids is 1. The Morgan fingerprint density at radius 3 is 2.19 bits per heavy atom. The van der Waals surface area contributed by atoms with Gasteiger partial charge in [-0.1, -0.05) is 13.8 Å². The van der Waals surface area contributed by atoms with Gasteiger partial charge in [-0.15, -0.1) is 0 Å². The third kappa shape index (κ3) is 6.69. The number of benzene rings is 2. The molecule has 0 heterocycles. The molecule has 0 aliphatic rings. The van der Waals surface area contributed by atoms with Crippen molar-refractivity contribution in [2.75, 3.05) is 11.3 Å². The topological polar surface area (TPSA) is 84.5 Å². The standard InChI is InChI=1S/C19H23IN2O4S/c1-13(2)12-21-19(23)14(3)26-17-8-10-18(11-9-17)27(24,25)22-16-6-4-15(20)5-7-16/h4-11,13-14,22H,12H2,1-3H3,(H,21,23)/t14-/m0/s1. The molecule has 0 fully saturated rings. The molecule has 0 bridgehead atoms. The molecule has 146 valence electrons. The number of anilines is 1. The summed E-state index contributed by atoms with van der Waals surface area (Å²) in [6.07, 6.45) is -0.670. The van der Waals surface area contributed by atoms with E-state index in [2.05, 4.69) is 32.6 Å². The number of nitrogens with one attached hydrogen (secondary N) is 2. The molecule has 0 aliphatic carbocycles. The van der Waals surface area contributed by atoms with Gasteiger partial charge in [-0.2, -0.15) is 0 Å². The molecular weight excluding hydrogens is 479 g/mol. The van der Waals surface area contributed by atoms with Crippen LogP contribution >= 0.6 is 22.6 Å². The highest BCUT2D eigenvalue weighted by Crippen LogP contribution is 2.20. The molecule has 0 spiro atoms. The molecular formula is C19H23IN2O4S. The number of sulfonamides is 1. The summed E-state index contributed by atoms with van der Waals surface area (Å²) >= 11 is 2.15. The third-order valence-electron chi connectivity index (χ3n) is 3.60. The molecule has 0 aromatic heterocycles. The molecule has 2 N–H and O–H groups in total. The second kappa shape index (κ2) is 9.41. The Bertz CT molecular complexity index is 866. The van der Waals surface area contributed by atoms with Crippen LogP contribution in [0.25, 0.3) is 0 Å². The summed E-state index contributed by atoms with van der Waals surface area (Å²) in [6, 6.07) is 13.0. The fourth-order valence-electron chi connectivity index (χ4n) is 2.14. The fourth-order valence-corrected chi connectivity index (χ4v) is 3.55. The number of hydrogen-bond donors (Lipinski definition) is 2. The normalized spacial score (nSPS) is 12.5. The average Bonchev–Trinajstić information content (AvgIpc) is 2.61. The maximum Gasteiger partial charge on any atom is 0.261 e. The van der Waals surface area contributed by atoms with E-state index in [-0.39, 0.29) is 10.8 Å². The molecule has 2 aromatic carbocycles. The number of rotatable bonds is 8. The number of carbonyl (C=O) groups is 1. The lowest BCUT2D eigenvalue weighted by Crippen LogP contribution is -2.38. The molecule has 2 aromatic rings. The van der Waals surface area contributed by atoms with Crippen molar-refractivity contribution in [3.8, 4) is 5.75 Å². The zero-order chi connectivity index (χ0) is 20.0. The summed E-state index contributed by atoms with van der Waals surface area (Å²) in [5, 5.41) is 2.80. The van der Waals surface area contributed by atoms with Crippen LogP contribution in [0.1, 0.15) is 20.8 Å². The van der Waals surface area contributed by atoms with Gasteiger partial charge < -0.3 is 10.1 Å².